The summed E-state index contributed by atoms with van der Waals surface area (Å²) in [6.45, 7) is 4.10. The van der Waals surface area contributed by atoms with E-state index >= 15 is 0 Å². The number of amides is 2. The van der Waals surface area contributed by atoms with Gasteiger partial charge in [-0.2, -0.15) is 0 Å². The maximum Gasteiger partial charge on any atom is 0.260 e. The molecule has 0 unspecified atom stereocenters. The number of para-hydroxylation sites is 1. The molecule has 0 spiro atoms. The van der Waals surface area contributed by atoms with Crippen LogP contribution in [0.3, 0.4) is 0 Å². The molecule has 0 bridgehead atoms. The molecule has 168 valence electrons. The highest BCUT2D eigenvalue weighted by Crippen LogP contribution is 2.16. The van der Waals surface area contributed by atoms with Gasteiger partial charge in [-0.25, -0.2) is 0 Å². The second-order valence-corrected chi connectivity index (χ2v) is 7.76. The first-order chi connectivity index (χ1) is 15.2. The van der Waals surface area contributed by atoms with Crippen LogP contribution in [0.25, 0.3) is 0 Å². The van der Waals surface area contributed by atoms with Crippen LogP contribution in [0.4, 0.5) is 0 Å². The van der Waals surface area contributed by atoms with E-state index in [1.165, 1.54) is 0 Å². The van der Waals surface area contributed by atoms with Crippen molar-refractivity contribution in [3.8, 4) is 5.75 Å². The zero-order chi connectivity index (χ0) is 21.9. The summed E-state index contributed by atoms with van der Waals surface area (Å²) in [5.41, 5.74) is 0. The Hall–Kier alpha value is -2.80. The molecule has 2 heterocycles. The van der Waals surface area contributed by atoms with Crippen LogP contribution in [0, 0.1) is 0 Å². The SMILES string of the molecule is CCCCN(CC(=O)N(Cc1ccco1)C[C@H]1CCCO1)C(=O)COc1ccccc1. The van der Waals surface area contributed by atoms with Crippen molar-refractivity contribution in [2.45, 2.75) is 45.3 Å². The molecule has 0 N–H and O–H groups in total. The normalized spacial score (nSPS) is 15.6. The predicted octanol–water partition coefficient (Wildman–Crippen LogP) is 3.49. The van der Waals surface area contributed by atoms with Gasteiger partial charge in [-0.1, -0.05) is 31.5 Å². The maximum atomic E-state index is 13.2. The van der Waals surface area contributed by atoms with E-state index < -0.39 is 0 Å². The fourth-order valence-corrected chi connectivity index (χ4v) is 3.54. The molecule has 7 heteroatoms. The number of furan rings is 1. The van der Waals surface area contributed by atoms with Crippen LogP contribution in [0.1, 0.15) is 38.4 Å². The van der Waals surface area contributed by atoms with Crippen molar-refractivity contribution in [2.24, 2.45) is 0 Å². The molecule has 1 fully saturated rings. The van der Waals surface area contributed by atoms with E-state index in [9.17, 15) is 9.59 Å². The third-order valence-electron chi connectivity index (χ3n) is 5.29. The lowest BCUT2D eigenvalue weighted by Gasteiger charge is -2.28. The number of benzene rings is 1. The molecule has 1 aliphatic rings. The molecule has 1 aromatic heterocycles. The van der Waals surface area contributed by atoms with Crippen LogP contribution in [0.2, 0.25) is 0 Å². The van der Waals surface area contributed by atoms with E-state index in [0.29, 0.717) is 31.1 Å². The average molecular weight is 429 g/mol. The topological polar surface area (TPSA) is 72.2 Å². The highest BCUT2D eigenvalue weighted by molar-refractivity contribution is 5.85. The summed E-state index contributed by atoms with van der Waals surface area (Å²) in [7, 11) is 0. The highest BCUT2D eigenvalue weighted by Gasteiger charge is 2.26. The van der Waals surface area contributed by atoms with Gasteiger partial charge in [0.2, 0.25) is 5.91 Å². The second kappa shape index (κ2) is 12.2. The molecule has 2 aromatic rings. The van der Waals surface area contributed by atoms with Crippen molar-refractivity contribution in [2.75, 3.05) is 32.8 Å². The summed E-state index contributed by atoms with van der Waals surface area (Å²) in [5.74, 6) is 1.04. The lowest BCUT2D eigenvalue weighted by atomic mass is 10.2. The quantitative estimate of drug-likeness (QED) is 0.517. The van der Waals surface area contributed by atoms with Gasteiger partial charge in [0.25, 0.3) is 5.91 Å². The standard InChI is InChI=1S/C24H32N2O5/c1-2-3-13-25(24(28)19-31-20-9-5-4-6-10-20)18-23(27)26(16-21-11-7-14-29-21)17-22-12-8-15-30-22/h4-7,9-11,14,22H,2-3,8,12-13,15-19H2,1H3/t22-/m1/s1. The van der Waals surface area contributed by atoms with Gasteiger partial charge in [0.15, 0.2) is 6.61 Å². The summed E-state index contributed by atoms with van der Waals surface area (Å²) in [4.78, 5) is 29.4. The summed E-state index contributed by atoms with van der Waals surface area (Å²) in [6, 6.07) is 12.9. The predicted molar refractivity (Wildman–Crippen MR) is 117 cm³/mol. The zero-order valence-electron chi connectivity index (χ0n) is 18.2. The van der Waals surface area contributed by atoms with Crippen molar-refractivity contribution in [1.82, 2.24) is 9.80 Å². The Labute approximate surface area is 183 Å². The van der Waals surface area contributed by atoms with Crippen molar-refractivity contribution in [3.63, 3.8) is 0 Å². The van der Waals surface area contributed by atoms with Crippen LogP contribution in [-0.2, 0) is 20.9 Å². The van der Waals surface area contributed by atoms with E-state index in [4.69, 9.17) is 13.9 Å². The van der Waals surface area contributed by atoms with Crippen LogP contribution in [-0.4, -0.2) is 60.6 Å². The molecule has 0 saturated carbocycles. The van der Waals surface area contributed by atoms with Gasteiger partial charge in [-0.15, -0.1) is 0 Å². The highest BCUT2D eigenvalue weighted by atomic mass is 16.5. The number of nitrogens with zero attached hydrogens (tertiary/aromatic N) is 2. The Morgan fingerprint density at radius 2 is 1.94 bits per heavy atom. The Morgan fingerprint density at radius 3 is 2.61 bits per heavy atom. The van der Waals surface area contributed by atoms with Crippen molar-refractivity contribution in [1.29, 1.82) is 0 Å². The molecule has 7 nitrogen and oxygen atoms in total. The van der Waals surface area contributed by atoms with Crippen LogP contribution >= 0.6 is 0 Å². The monoisotopic (exact) mass is 428 g/mol. The third kappa shape index (κ3) is 7.43. The number of hydrogen-bond acceptors (Lipinski definition) is 5. The molecule has 0 aliphatic carbocycles. The molecular formula is C24H32N2O5. The number of rotatable bonds is 12. The number of hydrogen-bond donors (Lipinski definition) is 0. The second-order valence-electron chi connectivity index (χ2n) is 7.76. The van der Waals surface area contributed by atoms with Gasteiger partial charge in [0, 0.05) is 19.7 Å². The van der Waals surface area contributed by atoms with Gasteiger partial charge in [0.05, 0.1) is 25.5 Å². The van der Waals surface area contributed by atoms with Gasteiger partial charge >= 0.3 is 0 Å². The van der Waals surface area contributed by atoms with Gasteiger partial charge in [0.1, 0.15) is 11.5 Å². The Balaban J connectivity index is 1.62. The minimum absolute atomic E-state index is 0.0183. The van der Waals surface area contributed by atoms with E-state index in [2.05, 4.69) is 6.92 Å². The van der Waals surface area contributed by atoms with E-state index in [1.54, 1.807) is 16.1 Å². The smallest absolute Gasteiger partial charge is 0.260 e. The molecule has 1 atom stereocenters. The number of carbonyl (C=O) groups is 2. The molecule has 1 aliphatic heterocycles. The van der Waals surface area contributed by atoms with Gasteiger partial charge in [-0.3, -0.25) is 9.59 Å². The van der Waals surface area contributed by atoms with Crippen molar-refractivity contribution < 1.29 is 23.5 Å². The Kier molecular flexibility index (Phi) is 8.97. The minimum atomic E-state index is -0.194. The number of carbonyl (C=O) groups excluding carboxylic acids is 2. The number of unbranched alkanes of at least 4 members (excludes halogenated alkanes) is 1. The molecule has 1 saturated heterocycles. The van der Waals surface area contributed by atoms with E-state index in [1.807, 2.05) is 42.5 Å². The zero-order valence-corrected chi connectivity index (χ0v) is 18.2. The van der Waals surface area contributed by atoms with E-state index in [-0.39, 0.29) is 31.1 Å². The minimum Gasteiger partial charge on any atom is -0.484 e. The van der Waals surface area contributed by atoms with Crippen LogP contribution in [0.15, 0.2) is 53.1 Å². The molecule has 3 rings (SSSR count). The lowest BCUT2D eigenvalue weighted by molar-refractivity contribution is -0.143. The van der Waals surface area contributed by atoms with Crippen LogP contribution < -0.4 is 4.74 Å². The first-order valence-corrected chi connectivity index (χ1v) is 11.0. The van der Waals surface area contributed by atoms with Crippen molar-refractivity contribution in [3.05, 3.63) is 54.5 Å². The lowest BCUT2D eigenvalue weighted by Crippen LogP contribution is -2.46. The summed E-state index contributed by atoms with van der Waals surface area (Å²) >= 11 is 0. The van der Waals surface area contributed by atoms with Crippen LogP contribution in [0.5, 0.6) is 5.75 Å². The fraction of sp³-hybridized carbons (Fsp3) is 0.500. The van der Waals surface area contributed by atoms with Gasteiger partial charge in [-0.05, 0) is 43.5 Å². The first-order valence-electron chi connectivity index (χ1n) is 11.0. The van der Waals surface area contributed by atoms with E-state index in [0.717, 1.165) is 32.3 Å². The molecule has 0 radical (unpaired) electrons. The molecular weight excluding hydrogens is 396 g/mol. The summed E-state index contributed by atoms with van der Waals surface area (Å²) in [5, 5.41) is 0. The largest absolute Gasteiger partial charge is 0.484 e. The molecule has 1 aromatic carbocycles. The first kappa shape index (κ1) is 22.9. The number of ether oxygens (including phenoxy) is 2. The fourth-order valence-electron chi connectivity index (χ4n) is 3.54. The Bertz CT molecular complexity index is 788. The third-order valence-corrected chi connectivity index (χ3v) is 5.29. The molecule has 2 amide bonds. The summed E-state index contributed by atoms with van der Waals surface area (Å²) < 4.78 is 16.8. The van der Waals surface area contributed by atoms with Crippen molar-refractivity contribution >= 4 is 11.8 Å². The average Bonchev–Trinajstić information content (AvgIpc) is 3.49. The summed E-state index contributed by atoms with van der Waals surface area (Å²) in [6.07, 6.45) is 5.33. The van der Waals surface area contributed by atoms with Gasteiger partial charge < -0.3 is 23.7 Å². The molecule has 31 heavy (non-hydrogen) atoms. The Morgan fingerprint density at radius 1 is 1.10 bits per heavy atom. The maximum absolute atomic E-state index is 13.2.